The summed E-state index contributed by atoms with van der Waals surface area (Å²) in [5.74, 6) is 1.72. The summed E-state index contributed by atoms with van der Waals surface area (Å²) in [4.78, 5) is 17.0. The zero-order valence-corrected chi connectivity index (χ0v) is 15.9. The van der Waals surface area contributed by atoms with Gasteiger partial charge in [0.05, 0.1) is 26.5 Å². The maximum absolute atomic E-state index is 12.6. The van der Waals surface area contributed by atoms with Crippen molar-refractivity contribution in [1.29, 1.82) is 0 Å². The second-order valence-corrected chi connectivity index (χ2v) is 6.13. The SMILES string of the molecule is COc1cc(OC)cc(OCCNC(=O)c2c(C)nc3ccc(C)cn23)c1. The minimum Gasteiger partial charge on any atom is -0.496 e. The highest BCUT2D eigenvalue weighted by atomic mass is 16.5. The Kier molecular flexibility index (Phi) is 5.49. The van der Waals surface area contributed by atoms with Gasteiger partial charge in [-0.1, -0.05) is 6.07 Å². The Morgan fingerprint density at radius 3 is 2.41 bits per heavy atom. The minimum atomic E-state index is -0.183. The quantitative estimate of drug-likeness (QED) is 0.648. The number of nitrogens with zero attached hydrogens (tertiary/aromatic N) is 2. The van der Waals surface area contributed by atoms with E-state index in [4.69, 9.17) is 14.2 Å². The van der Waals surface area contributed by atoms with Crippen molar-refractivity contribution in [3.63, 3.8) is 0 Å². The number of carbonyl (C=O) groups is 1. The molecular weight excluding hydrogens is 346 g/mol. The molecule has 0 spiro atoms. The van der Waals surface area contributed by atoms with Gasteiger partial charge in [0.2, 0.25) is 0 Å². The van der Waals surface area contributed by atoms with Gasteiger partial charge in [-0.3, -0.25) is 9.20 Å². The number of aryl methyl sites for hydroxylation is 2. The third-order valence-electron chi connectivity index (χ3n) is 4.14. The lowest BCUT2D eigenvalue weighted by Crippen LogP contribution is -2.29. The minimum absolute atomic E-state index is 0.183. The number of carbonyl (C=O) groups excluding carboxylic acids is 1. The van der Waals surface area contributed by atoms with E-state index in [1.54, 1.807) is 32.4 Å². The summed E-state index contributed by atoms with van der Waals surface area (Å²) in [6.45, 7) is 4.48. The summed E-state index contributed by atoms with van der Waals surface area (Å²) in [6, 6.07) is 9.17. The van der Waals surface area contributed by atoms with Crippen LogP contribution in [-0.4, -0.2) is 42.7 Å². The van der Waals surface area contributed by atoms with Crippen LogP contribution in [0.25, 0.3) is 5.65 Å². The first-order valence-corrected chi connectivity index (χ1v) is 8.61. The van der Waals surface area contributed by atoms with Gasteiger partial charge in [0.1, 0.15) is 35.2 Å². The Morgan fingerprint density at radius 2 is 1.74 bits per heavy atom. The zero-order valence-electron chi connectivity index (χ0n) is 15.9. The van der Waals surface area contributed by atoms with Crippen LogP contribution in [0.2, 0.25) is 0 Å². The second kappa shape index (κ2) is 7.99. The van der Waals surface area contributed by atoms with E-state index in [1.165, 1.54) is 0 Å². The molecule has 0 aliphatic rings. The molecule has 0 saturated heterocycles. The summed E-state index contributed by atoms with van der Waals surface area (Å²) < 4.78 is 17.9. The van der Waals surface area contributed by atoms with Gasteiger partial charge in [0, 0.05) is 24.4 Å². The number of fused-ring (bicyclic) bond motifs is 1. The molecule has 0 fully saturated rings. The molecule has 1 aromatic carbocycles. The molecular formula is C20H23N3O4. The summed E-state index contributed by atoms with van der Waals surface area (Å²) in [5.41, 5.74) is 3.04. The predicted octanol–water partition coefficient (Wildman–Crippen LogP) is 2.78. The summed E-state index contributed by atoms with van der Waals surface area (Å²) in [5, 5.41) is 2.88. The first-order chi connectivity index (χ1) is 13.0. The van der Waals surface area contributed by atoms with Crippen LogP contribution in [0.1, 0.15) is 21.7 Å². The number of methoxy groups -OCH3 is 2. The van der Waals surface area contributed by atoms with Crippen molar-refractivity contribution in [3.8, 4) is 17.2 Å². The molecule has 7 heteroatoms. The molecule has 0 bridgehead atoms. The van der Waals surface area contributed by atoms with Crippen molar-refractivity contribution in [1.82, 2.24) is 14.7 Å². The van der Waals surface area contributed by atoms with Crippen LogP contribution >= 0.6 is 0 Å². The number of benzene rings is 1. The standard InChI is InChI=1S/C20H23N3O4/c1-13-5-6-18-22-14(2)19(23(18)12-13)20(24)21-7-8-27-17-10-15(25-3)9-16(11-17)26-4/h5-6,9-12H,7-8H2,1-4H3,(H,21,24). The fourth-order valence-electron chi connectivity index (χ4n) is 2.82. The fraction of sp³-hybridized carbons (Fsp3) is 0.300. The highest BCUT2D eigenvalue weighted by molar-refractivity contribution is 5.94. The molecule has 27 heavy (non-hydrogen) atoms. The lowest BCUT2D eigenvalue weighted by molar-refractivity contribution is 0.0940. The van der Waals surface area contributed by atoms with Crippen LogP contribution in [0, 0.1) is 13.8 Å². The van der Waals surface area contributed by atoms with Crippen molar-refractivity contribution < 1.29 is 19.0 Å². The summed E-state index contributed by atoms with van der Waals surface area (Å²) in [7, 11) is 3.16. The number of ether oxygens (including phenoxy) is 3. The highest BCUT2D eigenvalue weighted by Crippen LogP contribution is 2.27. The molecule has 1 amide bonds. The fourth-order valence-corrected chi connectivity index (χ4v) is 2.82. The largest absolute Gasteiger partial charge is 0.496 e. The van der Waals surface area contributed by atoms with Crippen molar-refractivity contribution in [2.75, 3.05) is 27.4 Å². The van der Waals surface area contributed by atoms with Crippen LogP contribution in [0.5, 0.6) is 17.2 Å². The van der Waals surface area contributed by atoms with Crippen LogP contribution in [0.3, 0.4) is 0 Å². The molecule has 7 nitrogen and oxygen atoms in total. The van der Waals surface area contributed by atoms with Gasteiger partial charge in [0.15, 0.2) is 0 Å². The number of pyridine rings is 1. The maximum Gasteiger partial charge on any atom is 0.270 e. The molecule has 0 radical (unpaired) electrons. The lowest BCUT2D eigenvalue weighted by atomic mass is 10.3. The van der Waals surface area contributed by atoms with Gasteiger partial charge >= 0.3 is 0 Å². The topological polar surface area (TPSA) is 74.1 Å². The van der Waals surface area contributed by atoms with Gasteiger partial charge < -0.3 is 19.5 Å². The van der Waals surface area contributed by atoms with Gasteiger partial charge in [-0.2, -0.15) is 0 Å². The van der Waals surface area contributed by atoms with Crippen molar-refractivity contribution in [2.45, 2.75) is 13.8 Å². The molecule has 0 atom stereocenters. The van der Waals surface area contributed by atoms with Crippen LogP contribution in [0.4, 0.5) is 0 Å². The van der Waals surface area contributed by atoms with Crippen molar-refractivity contribution in [2.24, 2.45) is 0 Å². The number of hydrogen-bond donors (Lipinski definition) is 1. The van der Waals surface area contributed by atoms with Crippen molar-refractivity contribution >= 4 is 11.6 Å². The summed E-state index contributed by atoms with van der Waals surface area (Å²) >= 11 is 0. The van der Waals surface area contributed by atoms with E-state index in [9.17, 15) is 4.79 Å². The summed E-state index contributed by atoms with van der Waals surface area (Å²) in [6.07, 6.45) is 1.91. The molecule has 0 saturated carbocycles. The molecule has 0 unspecified atom stereocenters. The van der Waals surface area contributed by atoms with E-state index >= 15 is 0 Å². The lowest BCUT2D eigenvalue weighted by Gasteiger charge is -2.11. The molecule has 2 aromatic heterocycles. The Balaban J connectivity index is 1.62. The van der Waals surface area contributed by atoms with Gasteiger partial charge in [-0.25, -0.2) is 4.98 Å². The van der Waals surface area contributed by atoms with Gasteiger partial charge in [0.25, 0.3) is 5.91 Å². The molecule has 0 aliphatic carbocycles. The third-order valence-corrected chi connectivity index (χ3v) is 4.14. The predicted molar refractivity (Wildman–Crippen MR) is 102 cm³/mol. The molecule has 3 aromatic rings. The average molecular weight is 369 g/mol. The normalized spacial score (nSPS) is 10.7. The van der Waals surface area contributed by atoms with Crippen LogP contribution < -0.4 is 19.5 Å². The number of imidazole rings is 1. The second-order valence-electron chi connectivity index (χ2n) is 6.13. The monoisotopic (exact) mass is 369 g/mol. The number of nitrogens with one attached hydrogen (secondary N) is 1. The van der Waals surface area contributed by atoms with E-state index in [0.29, 0.717) is 41.8 Å². The third kappa shape index (κ3) is 4.13. The average Bonchev–Trinajstić information content (AvgIpc) is 2.99. The van der Waals surface area contributed by atoms with E-state index < -0.39 is 0 Å². The smallest absolute Gasteiger partial charge is 0.270 e. The molecule has 142 valence electrons. The first-order valence-electron chi connectivity index (χ1n) is 8.61. The van der Waals surface area contributed by atoms with E-state index in [0.717, 1.165) is 11.2 Å². The number of aromatic nitrogens is 2. The number of rotatable bonds is 7. The van der Waals surface area contributed by atoms with E-state index in [-0.39, 0.29) is 5.91 Å². The van der Waals surface area contributed by atoms with Gasteiger partial charge in [-0.05, 0) is 25.5 Å². The van der Waals surface area contributed by atoms with Crippen molar-refractivity contribution in [3.05, 3.63) is 53.5 Å². The Morgan fingerprint density at radius 1 is 1.07 bits per heavy atom. The Hall–Kier alpha value is -3.22. The Labute approximate surface area is 157 Å². The van der Waals surface area contributed by atoms with Crippen LogP contribution in [0.15, 0.2) is 36.5 Å². The first kappa shape index (κ1) is 18.6. The van der Waals surface area contributed by atoms with E-state index in [2.05, 4.69) is 10.3 Å². The maximum atomic E-state index is 12.6. The van der Waals surface area contributed by atoms with Gasteiger partial charge in [-0.15, -0.1) is 0 Å². The van der Waals surface area contributed by atoms with E-state index in [1.807, 2.05) is 36.6 Å². The molecule has 1 N–H and O–H groups in total. The zero-order chi connectivity index (χ0) is 19.4. The molecule has 3 rings (SSSR count). The Bertz CT molecular complexity index is 943. The molecule has 2 heterocycles. The van der Waals surface area contributed by atoms with Crippen LogP contribution in [-0.2, 0) is 0 Å². The number of hydrogen-bond acceptors (Lipinski definition) is 5. The molecule has 0 aliphatic heterocycles. The highest BCUT2D eigenvalue weighted by Gasteiger charge is 2.16. The number of amides is 1.